The molecule has 0 aliphatic rings. The average Bonchev–Trinajstić information content (AvgIpc) is 1.67. The van der Waals surface area contributed by atoms with Gasteiger partial charge in [0.1, 0.15) is 5.67 Å². The van der Waals surface area contributed by atoms with Crippen molar-refractivity contribution in [1.29, 1.82) is 0 Å². The standard InChI is InChI=1S/C6H13FO/c1-3-4-6(2,7)5-8/h8H,3-5H2,1-2H3. The zero-order valence-electron chi connectivity index (χ0n) is 5.45. The maximum atomic E-state index is 12.6. The first kappa shape index (κ1) is 7.89. The molecule has 1 nitrogen and oxygen atoms in total. The predicted molar refractivity (Wildman–Crippen MR) is 31.5 cm³/mol. The zero-order valence-corrected chi connectivity index (χ0v) is 5.45. The Labute approximate surface area is 49.5 Å². The third-order valence-corrected chi connectivity index (χ3v) is 1.10. The minimum Gasteiger partial charge on any atom is -0.393 e. The van der Waals surface area contributed by atoms with Crippen LogP contribution in [0.3, 0.4) is 0 Å². The fraction of sp³-hybridized carbons (Fsp3) is 1.00. The van der Waals surface area contributed by atoms with E-state index >= 15 is 0 Å². The Morgan fingerprint density at radius 1 is 1.62 bits per heavy atom. The fourth-order valence-electron chi connectivity index (χ4n) is 0.600. The minimum atomic E-state index is -1.35. The van der Waals surface area contributed by atoms with Crippen LogP contribution < -0.4 is 0 Å². The van der Waals surface area contributed by atoms with Gasteiger partial charge < -0.3 is 5.11 Å². The molecule has 1 atom stereocenters. The van der Waals surface area contributed by atoms with Gasteiger partial charge in [-0.05, 0) is 13.3 Å². The second-order valence-corrected chi connectivity index (χ2v) is 2.32. The second kappa shape index (κ2) is 3.02. The van der Waals surface area contributed by atoms with Crippen LogP contribution in [-0.4, -0.2) is 17.4 Å². The van der Waals surface area contributed by atoms with E-state index in [1.165, 1.54) is 6.92 Å². The Balaban J connectivity index is 3.37. The monoisotopic (exact) mass is 120 g/mol. The molecule has 0 aromatic rings. The molecule has 0 aliphatic carbocycles. The van der Waals surface area contributed by atoms with Gasteiger partial charge in [0, 0.05) is 0 Å². The summed E-state index contributed by atoms with van der Waals surface area (Å²) >= 11 is 0. The summed E-state index contributed by atoms with van der Waals surface area (Å²) in [5, 5.41) is 8.35. The maximum absolute atomic E-state index is 12.6. The molecule has 0 heterocycles. The van der Waals surface area contributed by atoms with Gasteiger partial charge in [-0.2, -0.15) is 0 Å². The number of rotatable bonds is 3. The Kier molecular flexibility index (Phi) is 2.98. The zero-order chi connectivity index (χ0) is 6.62. The summed E-state index contributed by atoms with van der Waals surface area (Å²) in [6.45, 7) is 2.95. The van der Waals surface area contributed by atoms with Crippen molar-refractivity contribution in [1.82, 2.24) is 0 Å². The fourth-order valence-corrected chi connectivity index (χ4v) is 0.600. The van der Waals surface area contributed by atoms with Gasteiger partial charge in [-0.15, -0.1) is 0 Å². The number of alkyl halides is 1. The van der Waals surface area contributed by atoms with Gasteiger partial charge in [0.25, 0.3) is 0 Å². The lowest BCUT2D eigenvalue weighted by Gasteiger charge is -2.14. The Hall–Kier alpha value is -0.110. The highest BCUT2D eigenvalue weighted by molar-refractivity contribution is 4.69. The molecule has 0 bridgehead atoms. The van der Waals surface area contributed by atoms with Crippen LogP contribution in [0, 0.1) is 0 Å². The summed E-state index contributed by atoms with van der Waals surface area (Å²) in [5.74, 6) is 0. The highest BCUT2D eigenvalue weighted by Crippen LogP contribution is 2.15. The van der Waals surface area contributed by atoms with Crippen molar-refractivity contribution in [2.75, 3.05) is 6.61 Å². The van der Waals surface area contributed by atoms with Crippen LogP contribution in [0.15, 0.2) is 0 Å². The molecule has 0 radical (unpaired) electrons. The number of aliphatic hydroxyl groups excluding tert-OH is 1. The molecular formula is C6H13FO. The molecule has 0 saturated carbocycles. The summed E-state index contributed by atoms with van der Waals surface area (Å²) < 4.78 is 12.6. The third-order valence-electron chi connectivity index (χ3n) is 1.10. The lowest BCUT2D eigenvalue weighted by atomic mass is 10.0. The summed E-state index contributed by atoms with van der Waals surface area (Å²) in [4.78, 5) is 0. The molecule has 0 rings (SSSR count). The van der Waals surface area contributed by atoms with Gasteiger partial charge in [-0.3, -0.25) is 0 Å². The summed E-state index contributed by atoms with van der Waals surface area (Å²) in [7, 11) is 0. The van der Waals surface area contributed by atoms with Crippen LogP contribution in [0.25, 0.3) is 0 Å². The van der Waals surface area contributed by atoms with E-state index in [1.54, 1.807) is 0 Å². The van der Waals surface area contributed by atoms with Crippen LogP contribution in [-0.2, 0) is 0 Å². The van der Waals surface area contributed by atoms with Gasteiger partial charge in [0.15, 0.2) is 0 Å². The first-order chi connectivity index (χ1) is 3.62. The van der Waals surface area contributed by atoms with Crippen LogP contribution >= 0.6 is 0 Å². The molecule has 0 saturated heterocycles. The molecule has 8 heavy (non-hydrogen) atoms. The SMILES string of the molecule is CCCC(C)(F)CO. The number of halogens is 1. The van der Waals surface area contributed by atoms with E-state index in [0.29, 0.717) is 6.42 Å². The highest BCUT2D eigenvalue weighted by atomic mass is 19.1. The van der Waals surface area contributed by atoms with E-state index in [4.69, 9.17) is 5.11 Å². The van der Waals surface area contributed by atoms with Gasteiger partial charge in [-0.1, -0.05) is 13.3 Å². The Morgan fingerprint density at radius 3 is 2.25 bits per heavy atom. The van der Waals surface area contributed by atoms with Crippen molar-refractivity contribution in [3.05, 3.63) is 0 Å². The molecule has 1 N–H and O–H groups in total. The quantitative estimate of drug-likeness (QED) is 0.598. The lowest BCUT2D eigenvalue weighted by molar-refractivity contribution is 0.0792. The summed E-state index contributed by atoms with van der Waals surface area (Å²) in [5.41, 5.74) is -1.35. The van der Waals surface area contributed by atoms with E-state index in [9.17, 15) is 4.39 Å². The first-order valence-corrected chi connectivity index (χ1v) is 2.92. The smallest absolute Gasteiger partial charge is 0.131 e. The first-order valence-electron chi connectivity index (χ1n) is 2.92. The topological polar surface area (TPSA) is 20.2 Å². The Bertz CT molecular complexity index is 61.5. The Morgan fingerprint density at radius 2 is 2.12 bits per heavy atom. The predicted octanol–water partition coefficient (Wildman–Crippen LogP) is 1.51. The van der Waals surface area contributed by atoms with Crippen molar-refractivity contribution < 1.29 is 9.50 Å². The van der Waals surface area contributed by atoms with Gasteiger partial charge in [0.2, 0.25) is 0 Å². The summed E-state index contributed by atoms with van der Waals surface area (Å²) in [6, 6.07) is 0. The number of hydrogen-bond donors (Lipinski definition) is 1. The van der Waals surface area contributed by atoms with E-state index in [1.807, 2.05) is 6.92 Å². The van der Waals surface area contributed by atoms with Gasteiger partial charge in [-0.25, -0.2) is 4.39 Å². The second-order valence-electron chi connectivity index (χ2n) is 2.32. The highest BCUT2D eigenvalue weighted by Gasteiger charge is 2.19. The molecule has 2 heteroatoms. The average molecular weight is 120 g/mol. The van der Waals surface area contributed by atoms with E-state index in [2.05, 4.69) is 0 Å². The molecule has 0 aliphatic heterocycles. The van der Waals surface area contributed by atoms with Crippen molar-refractivity contribution in [3.63, 3.8) is 0 Å². The molecule has 0 aromatic carbocycles. The normalized spacial score (nSPS) is 18.0. The van der Waals surface area contributed by atoms with E-state index in [0.717, 1.165) is 6.42 Å². The number of aliphatic hydroxyl groups is 1. The van der Waals surface area contributed by atoms with Crippen LogP contribution in [0.2, 0.25) is 0 Å². The molecule has 1 unspecified atom stereocenters. The molecule has 0 spiro atoms. The van der Waals surface area contributed by atoms with Crippen molar-refractivity contribution in [2.24, 2.45) is 0 Å². The van der Waals surface area contributed by atoms with Crippen molar-refractivity contribution in [3.8, 4) is 0 Å². The molecule has 0 fully saturated rings. The van der Waals surface area contributed by atoms with Crippen molar-refractivity contribution >= 4 is 0 Å². The van der Waals surface area contributed by atoms with E-state index in [-0.39, 0.29) is 6.61 Å². The maximum Gasteiger partial charge on any atom is 0.131 e. The van der Waals surface area contributed by atoms with Crippen LogP contribution in [0.1, 0.15) is 26.7 Å². The molecule has 0 aromatic heterocycles. The number of hydrogen-bond acceptors (Lipinski definition) is 1. The van der Waals surface area contributed by atoms with Crippen LogP contribution in [0.5, 0.6) is 0 Å². The third kappa shape index (κ3) is 2.97. The van der Waals surface area contributed by atoms with Gasteiger partial charge >= 0.3 is 0 Å². The van der Waals surface area contributed by atoms with Crippen molar-refractivity contribution in [2.45, 2.75) is 32.4 Å². The minimum absolute atomic E-state index is 0.360. The van der Waals surface area contributed by atoms with Gasteiger partial charge in [0.05, 0.1) is 6.61 Å². The molecule has 50 valence electrons. The molecule has 0 amide bonds. The van der Waals surface area contributed by atoms with Crippen LogP contribution in [0.4, 0.5) is 4.39 Å². The van der Waals surface area contributed by atoms with E-state index < -0.39 is 5.67 Å². The lowest BCUT2D eigenvalue weighted by Crippen LogP contribution is -2.22. The largest absolute Gasteiger partial charge is 0.393 e. The summed E-state index contributed by atoms with van der Waals surface area (Å²) in [6.07, 6.45) is 1.23. The molecular weight excluding hydrogens is 107 g/mol.